The smallest absolute Gasteiger partial charge is 0.321 e. The van der Waals surface area contributed by atoms with Crippen molar-refractivity contribution < 1.29 is 23.1 Å². The molecule has 1 atom stereocenters. The van der Waals surface area contributed by atoms with Crippen LogP contribution in [-0.4, -0.2) is 43.5 Å². The maximum atomic E-state index is 12.5. The average molecular weight is 388 g/mol. The molecular formula is C19H20N2O5S. The van der Waals surface area contributed by atoms with Crippen molar-refractivity contribution in [2.24, 2.45) is 5.92 Å². The highest BCUT2D eigenvalue weighted by atomic mass is 32.2. The van der Waals surface area contributed by atoms with E-state index in [1.165, 1.54) is 4.90 Å². The summed E-state index contributed by atoms with van der Waals surface area (Å²) in [6, 6.07) is 14.4. The number of urea groups is 1. The number of hydrogen-bond acceptors (Lipinski definition) is 4. The average Bonchev–Trinajstić information content (AvgIpc) is 3.13. The van der Waals surface area contributed by atoms with E-state index in [0.717, 1.165) is 0 Å². The van der Waals surface area contributed by atoms with Gasteiger partial charge in [-0.05, 0) is 36.2 Å². The van der Waals surface area contributed by atoms with Gasteiger partial charge in [0.25, 0.3) is 0 Å². The van der Waals surface area contributed by atoms with E-state index in [2.05, 4.69) is 5.32 Å². The first-order chi connectivity index (χ1) is 12.8. The van der Waals surface area contributed by atoms with Crippen LogP contribution in [0.25, 0.3) is 0 Å². The van der Waals surface area contributed by atoms with Gasteiger partial charge in [-0.1, -0.05) is 30.3 Å². The number of sulfone groups is 1. The van der Waals surface area contributed by atoms with E-state index in [1.807, 2.05) is 0 Å². The molecule has 8 heteroatoms. The first-order valence-electron chi connectivity index (χ1n) is 8.50. The van der Waals surface area contributed by atoms with Crippen molar-refractivity contribution in [2.75, 3.05) is 18.4 Å². The fourth-order valence-corrected chi connectivity index (χ4v) is 4.38. The van der Waals surface area contributed by atoms with Crippen LogP contribution in [0.5, 0.6) is 0 Å². The Balaban J connectivity index is 1.67. The molecule has 0 aliphatic carbocycles. The van der Waals surface area contributed by atoms with Gasteiger partial charge in [-0.25, -0.2) is 13.2 Å². The van der Waals surface area contributed by atoms with Crippen molar-refractivity contribution in [2.45, 2.75) is 17.1 Å². The van der Waals surface area contributed by atoms with E-state index >= 15 is 0 Å². The van der Waals surface area contributed by atoms with Crippen LogP contribution < -0.4 is 5.32 Å². The highest BCUT2D eigenvalue weighted by Gasteiger charge is 2.30. The lowest BCUT2D eigenvalue weighted by Crippen LogP contribution is -2.33. The van der Waals surface area contributed by atoms with Gasteiger partial charge < -0.3 is 15.3 Å². The summed E-state index contributed by atoms with van der Waals surface area (Å²) in [7, 11) is -3.48. The Kier molecular flexibility index (Phi) is 5.46. The lowest BCUT2D eigenvalue weighted by atomic mass is 10.1. The van der Waals surface area contributed by atoms with Crippen LogP contribution in [0.1, 0.15) is 12.0 Å². The number of carbonyl (C=O) groups excluding carboxylic acids is 1. The zero-order valence-electron chi connectivity index (χ0n) is 14.5. The minimum atomic E-state index is -3.48. The van der Waals surface area contributed by atoms with Crippen LogP contribution in [0.15, 0.2) is 59.5 Å². The predicted octanol–water partition coefficient (Wildman–Crippen LogP) is 2.60. The van der Waals surface area contributed by atoms with Gasteiger partial charge in [-0.15, -0.1) is 0 Å². The Bertz CT molecular complexity index is 944. The van der Waals surface area contributed by atoms with Crippen molar-refractivity contribution in [3.8, 4) is 0 Å². The molecule has 2 amide bonds. The maximum Gasteiger partial charge on any atom is 0.321 e. The number of nitrogens with one attached hydrogen (secondary N) is 1. The third kappa shape index (κ3) is 4.65. The summed E-state index contributed by atoms with van der Waals surface area (Å²) in [6.45, 7) is 0.550. The summed E-state index contributed by atoms with van der Waals surface area (Å²) in [6.07, 6.45) is 0.429. The molecule has 0 bridgehead atoms. The Morgan fingerprint density at radius 1 is 1.11 bits per heavy atom. The summed E-state index contributed by atoms with van der Waals surface area (Å²) in [5.41, 5.74) is 1.03. The third-order valence-electron chi connectivity index (χ3n) is 4.46. The number of hydrogen-bond donors (Lipinski definition) is 2. The van der Waals surface area contributed by atoms with Crippen LogP contribution in [0.2, 0.25) is 0 Å². The molecule has 2 aromatic rings. The Morgan fingerprint density at radius 2 is 1.85 bits per heavy atom. The molecule has 2 N–H and O–H groups in total. The van der Waals surface area contributed by atoms with Crippen molar-refractivity contribution >= 4 is 27.5 Å². The van der Waals surface area contributed by atoms with Gasteiger partial charge >= 0.3 is 12.0 Å². The molecule has 1 unspecified atom stereocenters. The number of benzene rings is 2. The highest BCUT2D eigenvalue weighted by molar-refractivity contribution is 7.90. The van der Waals surface area contributed by atoms with Crippen LogP contribution in [0.3, 0.4) is 0 Å². The summed E-state index contributed by atoms with van der Waals surface area (Å²) < 4.78 is 25.0. The summed E-state index contributed by atoms with van der Waals surface area (Å²) in [4.78, 5) is 25.0. The van der Waals surface area contributed by atoms with Gasteiger partial charge in [-0.2, -0.15) is 0 Å². The molecule has 1 aliphatic heterocycles. The third-order valence-corrected chi connectivity index (χ3v) is 6.17. The number of nitrogens with zero attached hydrogens (tertiary/aromatic N) is 1. The quantitative estimate of drug-likeness (QED) is 0.819. The number of carbonyl (C=O) groups is 2. The maximum absolute atomic E-state index is 12.5. The molecule has 1 fully saturated rings. The molecule has 1 aliphatic rings. The van der Waals surface area contributed by atoms with Crippen LogP contribution in [0.4, 0.5) is 10.5 Å². The monoisotopic (exact) mass is 388 g/mol. The minimum absolute atomic E-state index is 0.170. The zero-order valence-corrected chi connectivity index (χ0v) is 15.4. The predicted molar refractivity (Wildman–Crippen MR) is 100 cm³/mol. The standard InChI is InChI=1S/C19H20N2O5S/c22-18(23)15-9-10-21(12-15)19(24)20-16-6-4-5-14(11-16)13-27(25,26)17-7-2-1-3-8-17/h1-8,11,15H,9-10,12-13H2,(H,20,24)(H,22,23). The van der Waals surface area contributed by atoms with Gasteiger partial charge in [0.15, 0.2) is 9.84 Å². The highest BCUT2D eigenvalue weighted by Crippen LogP contribution is 2.21. The number of rotatable bonds is 5. The number of carboxylic acid groups (broad SMARTS) is 1. The normalized spacial score (nSPS) is 16.9. The van der Waals surface area contributed by atoms with Crippen molar-refractivity contribution in [1.82, 2.24) is 4.90 Å². The molecule has 0 saturated carbocycles. The first kappa shape index (κ1) is 18.9. The Hall–Kier alpha value is -2.87. The molecule has 0 aromatic heterocycles. The lowest BCUT2D eigenvalue weighted by Gasteiger charge is -2.17. The number of anilines is 1. The van der Waals surface area contributed by atoms with Gasteiger partial charge in [0.1, 0.15) is 0 Å². The number of amides is 2. The first-order valence-corrected chi connectivity index (χ1v) is 10.2. The van der Waals surface area contributed by atoms with Crippen LogP contribution >= 0.6 is 0 Å². The molecule has 27 heavy (non-hydrogen) atoms. The lowest BCUT2D eigenvalue weighted by molar-refractivity contribution is -0.141. The van der Waals surface area contributed by atoms with Gasteiger partial charge in [0.05, 0.1) is 16.6 Å². The molecule has 0 radical (unpaired) electrons. The van der Waals surface area contributed by atoms with Crippen LogP contribution in [0, 0.1) is 5.92 Å². The Morgan fingerprint density at radius 3 is 2.52 bits per heavy atom. The topological polar surface area (TPSA) is 104 Å². The second-order valence-electron chi connectivity index (χ2n) is 6.47. The van der Waals surface area contributed by atoms with Crippen LogP contribution in [-0.2, 0) is 20.4 Å². The second kappa shape index (κ2) is 7.79. The van der Waals surface area contributed by atoms with E-state index < -0.39 is 21.7 Å². The summed E-state index contributed by atoms with van der Waals surface area (Å²) >= 11 is 0. The van der Waals surface area contributed by atoms with Crippen molar-refractivity contribution in [1.29, 1.82) is 0 Å². The van der Waals surface area contributed by atoms with Gasteiger partial charge in [0.2, 0.25) is 0 Å². The van der Waals surface area contributed by atoms with E-state index in [-0.39, 0.29) is 23.2 Å². The number of carboxylic acids is 1. The fraction of sp³-hybridized carbons (Fsp3) is 0.263. The molecular weight excluding hydrogens is 368 g/mol. The Labute approximate surface area is 157 Å². The second-order valence-corrected chi connectivity index (χ2v) is 8.46. The molecule has 7 nitrogen and oxygen atoms in total. The molecule has 2 aromatic carbocycles. The largest absolute Gasteiger partial charge is 0.481 e. The summed E-state index contributed by atoms with van der Waals surface area (Å²) in [5, 5.41) is 11.7. The van der Waals surface area contributed by atoms with E-state index in [1.54, 1.807) is 54.6 Å². The number of likely N-dealkylation sites (tertiary alicyclic amines) is 1. The molecule has 1 saturated heterocycles. The van der Waals surface area contributed by atoms with E-state index in [9.17, 15) is 18.0 Å². The van der Waals surface area contributed by atoms with Crippen molar-refractivity contribution in [3.63, 3.8) is 0 Å². The molecule has 142 valence electrons. The zero-order chi connectivity index (χ0) is 19.4. The SMILES string of the molecule is O=C(O)C1CCN(C(=O)Nc2cccc(CS(=O)(=O)c3ccccc3)c2)C1. The summed E-state index contributed by atoms with van der Waals surface area (Å²) in [5.74, 6) is -1.62. The van der Waals surface area contributed by atoms with Gasteiger partial charge in [0, 0.05) is 18.8 Å². The van der Waals surface area contributed by atoms with E-state index in [0.29, 0.717) is 24.2 Å². The number of aliphatic carboxylic acids is 1. The molecule has 3 rings (SSSR count). The van der Waals surface area contributed by atoms with E-state index in [4.69, 9.17) is 5.11 Å². The fourth-order valence-electron chi connectivity index (χ4n) is 3.02. The van der Waals surface area contributed by atoms with Crippen molar-refractivity contribution in [3.05, 3.63) is 60.2 Å². The van der Waals surface area contributed by atoms with Gasteiger partial charge in [-0.3, -0.25) is 4.79 Å². The minimum Gasteiger partial charge on any atom is -0.481 e. The molecule has 0 spiro atoms. The molecule has 1 heterocycles.